The number of aromatic nitrogens is 2. The molecule has 1 saturated heterocycles. The second-order valence-corrected chi connectivity index (χ2v) is 6.56. The summed E-state index contributed by atoms with van der Waals surface area (Å²) in [6.07, 6.45) is 6.69. The molecule has 2 aromatic heterocycles. The van der Waals surface area contributed by atoms with Crippen LogP contribution in [0.1, 0.15) is 18.5 Å². The summed E-state index contributed by atoms with van der Waals surface area (Å²) in [5.41, 5.74) is 1.11. The van der Waals surface area contributed by atoms with Crippen molar-refractivity contribution in [1.82, 2.24) is 14.3 Å². The van der Waals surface area contributed by atoms with Gasteiger partial charge in [-0.1, -0.05) is 24.0 Å². The number of nitrogens with zero attached hydrogens (tertiary/aromatic N) is 3. The van der Waals surface area contributed by atoms with Gasteiger partial charge in [0.25, 0.3) is 0 Å². The monoisotopic (exact) mass is 283 g/mol. The summed E-state index contributed by atoms with van der Waals surface area (Å²) in [6.45, 7) is 2.26. The highest BCUT2D eigenvalue weighted by Gasteiger charge is 2.15. The molecule has 0 amide bonds. The molecule has 0 atom stereocenters. The normalized spacial score (nSPS) is 15.9. The molecule has 0 aromatic carbocycles. The first kappa shape index (κ1) is 11.5. The fraction of sp³-hybridized carbons (Fsp3) is 0.455. The van der Waals surface area contributed by atoms with Crippen LogP contribution in [0, 0.1) is 0 Å². The third-order valence-electron chi connectivity index (χ3n) is 2.85. The molecular formula is C11H13N3S3. The van der Waals surface area contributed by atoms with Crippen molar-refractivity contribution in [3.05, 3.63) is 23.5 Å². The van der Waals surface area contributed by atoms with Gasteiger partial charge in [0.15, 0.2) is 4.96 Å². The minimum Gasteiger partial charge on any atom is -0.358 e. The summed E-state index contributed by atoms with van der Waals surface area (Å²) in [7, 11) is 0. The van der Waals surface area contributed by atoms with Crippen LogP contribution < -0.4 is 0 Å². The van der Waals surface area contributed by atoms with Crippen molar-refractivity contribution in [3.8, 4) is 0 Å². The van der Waals surface area contributed by atoms with Gasteiger partial charge in [-0.15, -0.1) is 11.3 Å². The third kappa shape index (κ3) is 2.48. The van der Waals surface area contributed by atoms with Gasteiger partial charge in [0, 0.05) is 36.6 Å². The van der Waals surface area contributed by atoms with Crippen molar-refractivity contribution >= 4 is 44.6 Å². The lowest BCUT2D eigenvalue weighted by molar-refractivity contribution is 0.539. The summed E-state index contributed by atoms with van der Waals surface area (Å²) < 4.78 is 3.10. The fourth-order valence-corrected chi connectivity index (χ4v) is 3.83. The molecule has 1 fully saturated rings. The zero-order chi connectivity index (χ0) is 11.7. The predicted molar refractivity (Wildman–Crippen MR) is 77.8 cm³/mol. The van der Waals surface area contributed by atoms with E-state index in [1.165, 1.54) is 12.8 Å². The van der Waals surface area contributed by atoms with Crippen LogP contribution in [0.5, 0.6) is 0 Å². The molecule has 0 radical (unpaired) electrons. The Morgan fingerprint density at radius 1 is 1.47 bits per heavy atom. The van der Waals surface area contributed by atoms with E-state index in [-0.39, 0.29) is 0 Å². The molecule has 3 rings (SSSR count). The van der Waals surface area contributed by atoms with Crippen LogP contribution in [-0.4, -0.2) is 31.7 Å². The lowest BCUT2D eigenvalue weighted by Gasteiger charge is -2.16. The Hall–Kier alpha value is -0.590. The van der Waals surface area contributed by atoms with Gasteiger partial charge in [-0.2, -0.15) is 0 Å². The van der Waals surface area contributed by atoms with Gasteiger partial charge in [0.2, 0.25) is 0 Å². The number of imidazole rings is 1. The van der Waals surface area contributed by atoms with Crippen molar-refractivity contribution < 1.29 is 0 Å². The molecule has 0 N–H and O–H groups in total. The average molecular weight is 283 g/mol. The Kier molecular flexibility index (Phi) is 3.35. The smallest absolute Gasteiger partial charge is 0.193 e. The second-order valence-electron chi connectivity index (χ2n) is 4.07. The number of thiocarbonyl (C=S) groups is 1. The molecule has 17 heavy (non-hydrogen) atoms. The van der Waals surface area contributed by atoms with Gasteiger partial charge < -0.3 is 4.90 Å². The Balaban J connectivity index is 1.60. The first-order valence-corrected chi connectivity index (χ1v) is 7.93. The van der Waals surface area contributed by atoms with Gasteiger partial charge in [0.1, 0.15) is 4.32 Å². The van der Waals surface area contributed by atoms with E-state index < -0.39 is 0 Å². The molecule has 90 valence electrons. The SMILES string of the molecule is S=C(SCc1cn2ccsc2n1)N1CCCC1. The molecule has 0 spiro atoms. The molecule has 1 aliphatic heterocycles. The Labute approximate surface area is 114 Å². The topological polar surface area (TPSA) is 20.5 Å². The predicted octanol–water partition coefficient (Wildman–Crippen LogP) is 3.01. The van der Waals surface area contributed by atoms with Gasteiger partial charge in [-0.3, -0.25) is 4.40 Å². The number of thiazole rings is 1. The van der Waals surface area contributed by atoms with E-state index in [1.807, 2.05) is 11.6 Å². The van der Waals surface area contributed by atoms with Gasteiger partial charge in [-0.25, -0.2) is 4.98 Å². The third-order valence-corrected chi connectivity index (χ3v) is 5.18. The number of hydrogen-bond acceptors (Lipinski definition) is 4. The van der Waals surface area contributed by atoms with Crippen LogP contribution in [0.4, 0.5) is 0 Å². The van der Waals surface area contributed by atoms with E-state index in [0.717, 1.165) is 33.8 Å². The standard InChI is InChI=1S/C11H13N3S3/c15-11(13-3-1-2-4-13)17-8-9-7-14-5-6-16-10(14)12-9/h5-7H,1-4,8H2. The van der Waals surface area contributed by atoms with Gasteiger partial charge >= 0.3 is 0 Å². The van der Waals surface area contributed by atoms with Crippen LogP contribution in [0.15, 0.2) is 17.8 Å². The van der Waals surface area contributed by atoms with E-state index in [2.05, 4.69) is 20.5 Å². The van der Waals surface area contributed by atoms with Crippen molar-refractivity contribution in [2.75, 3.05) is 13.1 Å². The number of fused-ring (bicyclic) bond motifs is 1. The molecule has 0 aliphatic carbocycles. The maximum absolute atomic E-state index is 5.43. The number of hydrogen-bond donors (Lipinski definition) is 0. The van der Waals surface area contributed by atoms with E-state index in [0.29, 0.717) is 0 Å². The molecular weight excluding hydrogens is 270 g/mol. The summed E-state index contributed by atoms with van der Waals surface area (Å²) in [5, 5.41) is 2.05. The van der Waals surface area contributed by atoms with E-state index in [4.69, 9.17) is 12.2 Å². The quantitative estimate of drug-likeness (QED) is 0.789. The van der Waals surface area contributed by atoms with Crippen molar-refractivity contribution in [2.45, 2.75) is 18.6 Å². The minimum atomic E-state index is 0.879. The number of rotatable bonds is 2. The first-order chi connectivity index (χ1) is 8.33. The van der Waals surface area contributed by atoms with Gasteiger partial charge in [0.05, 0.1) is 5.69 Å². The summed E-state index contributed by atoms with van der Waals surface area (Å²) in [5.74, 6) is 0.879. The largest absolute Gasteiger partial charge is 0.358 e. The molecule has 3 heterocycles. The first-order valence-electron chi connectivity index (χ1n) is 5.66. The van der Waals surface area contributed by atoms with Crippen LogP contribution in [-0.2, 0) is 5.75 Å². The maximum atomic E-state index is 5.43. The van der Waals surface area contributed by atoms with Crippen molar-refractivity contribution in [1.29, 1.82) is 0 Å². The van der Waals surface area contributed by atoms with Crippen LogP contribution in [0.25, 0.3) is 4.96 Å². The minimum absolute atomic E-state index is 0.879. The zero-order valence-corrected chi connectivity index (χ0v) is 11.8. The fourth-order valence-electron chi connectivity index (χ4n) is 1.97. The Bertz CT molecular complexity index is 496. The molecule has 0 unspecified atom stereocenters. The Morgan fingerprint density at radius 3 is 3.06 bits per heavy atom. The van der Waals surface area contributed by atoms with Crippen LogP contribution in [0.3, 0.4) is 0 Å². The average Bonchev–Trinajstić information content (AvgIpc) is 3.01. The number of likely N-dealkylation sites (tertiary alicyclic amines) is 1. The molecule has 0 saturated carbocycles. The Morgan fingerprint density at radius 2 is 2.29 bits per heavy atom. The lowest BCUT2D eigenvalue weighted by Crippen LogP contribution is -2.23. The van der Waals surface area contributed by atoms with Crippen LogP contribution >= 0.6 is 35.3 Å². The molecule has 2 aromatic rings. The highest BCUT2D eigenvalue weighted by molar-refractivity contribution is 8.22. The van der Waals surface area contributed by atoms with Crippen molar-refractivity contribution in [3.63, 3.8) is 0 Å². The molecule has 0 bridgehead atoms. The highest BCUT2D eigenvalue weighted by atomic mass is 32.2. The molecule has 1 aliphatic rings. The van der Waals surface area contributed by atoms with E-state index in [9.17, 15) is 0 Å². The van der Waals surface area contributed by atoms with Crippen LogP contribution in [0.2, 0.25) is 0 Å². The molecule has 6 heteroatoms. The number of thioether (sulfide) groups is 1. The second kappa shape index (κ2) is 4.96. The van der Waals surface area contributed by atoms with E-state index >= 15 is 0 Å². The van der Waals surface area contributed by atoms with Gasteiger partial charge in [-0.05, 0) is 12.8 Å². The zero-order valence-electron chi connectivity index (χ0n) is 9.33. The van der Waals surface area contributed by atoms with Crippen molar-refractivity contribution in [2.24, 2.45) is 0 Å². The summed E-state index contributed by atoms with van der Waals surface area (Å²) in [6, 6.07) is 0. The summed E-state index contributed by atoms with van der Waals surface area (Å²) in [4.78, 5) is 7.92. The molecule has 3 nitrogen and oxygen atoms in total. The van der Waals surface area contributed by atoms with E-state index in [1.54, 1.807) is 23.1 Å². The maximum Gasteiger partial charge on any atom is 0.193 e. The summed E-state index contributed by atoms with van der Waals surface area (Å²) >= 11 is 8.83. The highest BCUT2D eigenvalue weighted by Crippen LogP contribution is 2.21. The lowest BCUT2D eigenvalue weighted by atomic mass is 10.4.